The second-order valence-corrected chi connectivity index (χ2v) is 6.21. The van der Waals surface area contributed by atoms with Gasteiger partial charge in [-0.3, -0.25) is 0 Å². The number of aliphatic hydroxyl groups is 1. The van der Waals surface area contributed by atoms with E-state index >= 15 is 0 Å². The van der Waals surface area contributed by atoms with E-state index in [0.29, 0.717) is 6.42 Å². The number of fused-ring (bicyclic) bond motifs is 1. The topological polar surface area (TPSA) is 32.3 Å². The van der Waals surface area contributed by atoms with Crippen LogP contribution in [0.3, 0.4) is 0 Å². The van der Waals surface area contributed by atoms with Crippen LogP contribution in [0.5, 0.6) is 0 Å². The highest BCUT2D eigenvalue weighted by molar-refractivity contribution is 4.97. The Morgan fingerprint density at radius 3 is 2.53 bits per heavy atom. The van der Waals surface area contributed by atoms with Crippen molar-refractivity contribution in [3.8, 4) is 0 Å². The Bertz CT molecular complexity index is 308. The smallest absolute Gasteiger partial charge is 0.383 e. The van der Waals surface area contributed by atoms with Gasteiger partial charge in [0.2, 0.25) is 0 Å². The summed E-state index contributed by atoms with van der Waals surface area (Å²) in [5, 5.41) is 13.1. The predicted octanol–water partition coefficient (Wildman–Crippen LogP) is 3.10. The minimum Gasteiger partial charge on any atom is -0.383 e. The zero-order valence-electron chi connectivity index (χ0n) is 11.6. The van der Waals surface area contributed by atoms with Gasteiger partial charge >= 0.3 is 6.18 Å². The first-order valence-electron chi connectivity index (χ1n) is 7.35. The molecule has 0 spiro atoms. The molecule has 1 saturated heterocycles. The molecule has 0 aromatic rings. The number of alkyl halides is 3. The van der Waals surface area contributed by atoms with E-state index in [-0.39, 0.29) is 23.9 Å². The van der Waals surface area contributed by atoms with Gasteiger partial charge < -0.3 is 10.4 Å². The zero-order chi connectivity index (χ0) is 14.2. The molecular formula is C14H24F3NO. The molecular weight excluding hydrogens is 255 g/mol. The minimum absolute atomic E-state index is 0.00609. The Labute approximate surface area is 112 Å². The summed E-state index contributed by atoms with van der Waals surface area (Å²) in [4.78, 5) is 0. The fourth-order valence-corrected chi connectivity index (χ4v) is 4.12. The predicted molar refractivity (Wildman–Crippen MR) is 67.7 cm³/mol. The van der Waals surface area contributed by atoms with Crippen LogP contribution >= 0.6 is 0 Å². The first-order valence-corrected chi connectivity index (χ1v) is 7.35. The van der Waals surface area contributed by atoms with E-state index in [1.165, 1.54) is 0 Å². The maximum absolute atomic E-state index is 12.8. The average Bonchev–Trinajstić information content (AvgIpc) is 2.36. The van der Waals surface area contributed by atoms with Crippen molar-refractivity contribution in [2.24, 2.45) is 17.8 Å². The highest BCUT2D eigenvalue weighted by atomic mass is 19.4. The average molecular weight is 279 g/mol. The molecule has 1 saturated carbocycles. The molecule has 2 nitrogen and oxygen atoms in total. The molecule has 0 radical (unpaired) electrons. The van der Waals surface area contributed by atoms with Gasteiger partial charge in [-0.25, -0.2) is 0 Å². The van der Waals surface area contributed by atoms with Crippen LogP contribution in [0.2, 0.25) is 0 Å². The van der Waals surface area contributed by atoms with E-state index in [1.54, 1.807) is 0 Å². The summed E-state index contributed by atoms with van der Waals surface area (Å²) >= 11 is 0. The van der Waals surface area contributed by atoms with Crippen molar-refractivity contribution in [2.75, 3.05) is 0 Å². The SMILES string of the molecule is CC[C@H]1C[C@H]2[C@H]([C@H](O)C(F)(F)F)CCC[C@@H]2[C@H](C)N1. The van der Waals surface area contributed by atoms with E-state index in [2.05, 4.69) is 19.2 Å². The van der Waals surface area contributed by atoms with Gasteiger partial charge in [-0.15, -0.1) is 0 Å². The number of nitrogens with one attached hydrogen (secondary N) is 1. The standard InChI is InChI=1S/C14H24F3NO/c1-3-9-7-12-10(8(2)18-9)5-4-6-11(12)13(19)14(15,16)17/h8-13,18-19H,3-7H2,1-2H3/t8-,9-,10+,11+,12+,13-/m0/s1. The lowest BCUT2D eigenvalue weighted by atomic mass is 9.63. The molecule has 1 aliphatic carbocycles. The molecule has 6 atom stereocenters. The molecule has 0 unspecified atom stereocenters. The number of rotatable bonds is 2. The third-order valence-corrected chi connectivity index (χ3v) is 5.11. The van der Waals surface area contributed by atoms with Crippen molar-refractivity contribution in [1.29, 1.82) is 0 Å². The quantitative estimate of drug-likeness (QED) is 0.814. The molecule has 0 amide bonds. The normalized spacial score (nSPS) is 41.7. The molecule has 1 aliphatic heterocycles. The van der Waals surface area contributed by atoms with E-state index in [4.69, 9.17) is 0 Å². The van der Waals surface area contributed by atoms with Gasteiger partial charge in [0.05, 0.1) is 0 Å². The summed E-state index contributed by atoms with van der Waals surface area (Å²) in [6.07, 6.45) is -2.65. The fraction of sp³-hybridized carbons (Fsp3) is 1.00. The molecule has 112 valence electrons. The Morgan fingerprint density at radius 2 is 1.95 bits per heavy atom. The van der Waals surface area contributed by atoms with Crippen LogP contribution in [0.1, 0.15) is 46.0 Å². The summed E-state index contributed by atoms with van der Waals surface area (Å²) in [5.41, 5.74) is 0. The largest absolute Gasteiger partial charge is 0.414 e. The fourth-order valence-electron chi connectivity index (χ4n) is 4.12. The lowest BCUT2D eigenvalue weighted by Crippen LogP contribution is -2.55. The zero-order valence-corrected chi connectivity index (χ0v) is 11.6. The molecule has 2 N–H and O–H groups in total. The van der Waals surface area contributed by atoms with Crippen LogP contribution in [0.4, 0.5) is 13.2 Å². The van der Waals surface area contributed by atoms with Crippen molar-refractivity contribution in [3.63, 3.8) is 0 Å². The molecule has 0 aromatic carbocycles. The first-order chi connectivity index (χ1) is 8.84. The first kappa shape index (κ1) is 15.1. The van der Waals surface area contributed by atoms with Crippen LogP contribution in [-0.2, 0) is 0 Å². The van der Waals surface area contributed by atoms with Gasteiger partial charge in [-0.1, -0.05) is 13.3 Å². The Hall–Kier alpha value is -0.290. The maximum atomic E-state index is 12.8. The maximum Gasteiger partial charge on any atom is 0.414 e. The lowest BCUT2D eigenvalue weighted by Gasteiger charge is -2.49. The Balaban J connectivity index is 2.16. The molecule has 0 bridgehead atoms. The summed E-state index contributed by atoms with van der Waals surface area (Å²) in [6, 6.07) is 0.546. The number of hydrogen-bond donors (Lipinski definition) is 2. The number of hydrogen-bond acceptors (Lipinski definition) is 2. The van der Waals surface area contributed by atoms with Crippen molar-refractivity contribution in [1.82, 2.24) is 5.32 Å². The molecule has 2 fully saturated rings. The number of halogens is 3. The van der Waals surface area contributed by atoms with E-state index in [1.807, 2.05) is 0 Å². The Morgan fingerprint density at radius 1 is 1.26 bits per heavy atom. The molecule has 19 heavy (non-hydrogen) atoms. The summed E-state index contributed by atoms with van der Waals surface area (Å²) in [5.74, 6) is -0.331. The van der Waals surface area contributed by atoms with Crippen LogP contribution in [0.15, 0.2) is 0 Å². The molecule has 2 aliphatic rings. The van der Waals surface area contributed by atoms with Gasteiger partial charge in [0, 0.05) is 12.1 Å². The van der Waals surface area contributed by atoms with Crippen molar-refractivity contribution in [2.45, 2.75) is 70.3 Å². The van der Waals surface area contributed by atoms with Gasteiger partial charge in [0.25, 0.3) is 0 Å². The number of piperidine rings is 1. The third-order valence-electron chi connectivity index (χ3n) is 5.11. The molecule has 2 rings (SSSR count). The van der Waals surface area contributed by atoms with Gasteiger partial charge in [-0.05, 0) is 50.4 Å². The second kappa shape index (κ2) is 5.60. The summed E-state index contributed by atoms with van der Waals surface area (Å²) < 4.78 is 38.4. The molecule has 1 heterocycles. The highest BCUT2D eigenvalue weighted by Crippen LogP contribution is 2.46. The lowest BCUT2D eigenvalue weighted by molar-refractivity contribution is -0.232. The molecule has 5 heteroatoms. The van der Waals surface area contributed by atoms with Crippen LogP contribution < -0.4 is 5.32 Å². The van der Waals surface area contributed by atoms with Crippen LogP contribution in [-0.4, -0.2) is 29.5 Å². The van der Waals surface area contributed by atoms with Crippen molar-refractivity contribution >= 4 is 0 Å². The minimum atomic E-state index is -4.48. The monoisotopic (exact) mass is 279 g/mol. The van der Waals surface area contributed by atoms with E-state index < -0.39 is 18.2 Å². The molecule has 0 aromatic heterocycles. The van der Waals surface area contributed by atoms with E-state index in [0.717, 1.165) is 25.7 Å². The second-order valence-electron chi connectivity index (χ2n) is 6.21. The van der Waals surface area contributed by atoms with Crippen LogP contribution in [0, 0.1) is 17.8 Å². The van der Waals surface area contributed by atoms with Crippen molar-refractivity contribution in [3.05, 3.63) is 0 Å². The third kappa shape index (κ3) is 3.07. The van der Waals surface area contributed by atoms with Gasteiger partial charge in [0.1, 0.15) is 0 Å². The van der Waals surface area contributed by atoms with Crippen LogP contribution in [0.25, 0.3) is 0 Å². The highest BCUT2D eigenvalue weighted by Gasteiger charge is 2.50. The Kier molecular flexibility index (Phi) is 4.45. The van der Waals surface area contributed by atoms with Crippen molar-refractivity contribution < 1.29 is 18.3 Å². The van der Waals surface area contributed by atoms with E-state index in [9.17, 15) is 18.3 Å². The van der Waals surface area contributed by atoms with Gasteiger partial charge in [0.15, 0.2) is 6.10 Å². The summed E-state index contributed by atoms with van der Waals surface area (Å²) in [7, 11) is 0. The summed E-state index contributed by atoms with van der Waals surface area (Å²) in [6.45, 7) is 4.13. The van der Waals surface area contributed by atoms with Gasteiger partial charge in [-0.2, -0.15) is 13.2 Å². The number of aliphatic hydroxyl groups excluding tert-OH is 1.